The summed E-state index contributed by atoms with van der Waals surface area (Å²) in [7, 11) is 0. The summed E-state index contributed by atoms with van der Waals surface area (Å²) in [4.78, 5) is 16.1. The molecular weight excluding hydrogens is 238 g/mol. The van der Waals surface area contributed by atoms with Gasteiger partial charge in [0.05, 0.1) is 0 Å². The number of amides is 1. The number of hydrogen-bond donors (Lipinski definition) is 2. The van der Waals surface area contributed by atoms with Gasteiger partial charge in [-0.25, -0.2) is 0 Å². The zero-order valence-electron chi connectivity index (χ0n) is 11.6. The molecule has 4 heteroatoms. The minimum atomic E-state index is -0.0821. The van der Waals surface area contributed by atoms with Crippen LogP contribution in [0, 0.1) is 11.8 Å². The zero-order valence-corrected chi connectivity index (χ0v) is 11.6. The van der Waals surface area contributed by atoms with Gasteiger partial charge in [-0.1, -0.05) is 32.3 Å². The summed E-state index contributed by atoms with van der Waals surface area (Å²) in [5, 5.41) is 3.00. The van der Waals surface area contributed by atoms with Crippen molar-refractivity contribution >= 4 is 5.91 Å². The van der Waals surface area contributed by atoms with E-state index in [-0.39, 0.29) is 5.91 Å². The maximum absolute atomic E-state index is 12.0. The highest BCUT2D eigenvalue weighted by molar-refractivity contribution is 5.92. The number of aromatic nitrogens is 1. The van der Waals surface area contributed by atoms with Crippen LogP contribution < -0.4 is 11.1 Å². The average Bonchev–Trinajstić information content (AvgIpc) is 2.46. The zero-order chi connectivity index (χ0) is 13.7. The maximum Gasteiger partial charge on any atom is 0.269 e. The van der Waals surface area contributed by atoms with Crippen LogP contribution in [0.25, 0.3) is 0 Å². The van der Waals surface area contributed by atoms with Crippen LogP contribution in [0.15, 0.2) is 18.3 Å². The Balaban J connectivity index is 1.86. The first-order valence-corrected chi connectivity index (χ1v) is 7.14. The lowest BCUT2D eigenvalue weighted by molar-refractivity contribution is 0.0931. The van der Waals surface area contributed by atoms with Crippen LogP contribution in [0.5, 0.6) is 0 Å². The second-order valence-corrected chi connectivity index (χ2v) is 5.49. The lowest BCUT2D eigenvalue weighted by Gasteiger charge is -2.28. The molecule has 0 aliphatic heterocycles. The molecule has 19 heavy (non-hydrogen) atoms. The maximum atomic E-state index is 12.0. The van der Waals surface area contributed by atoms with Gasteiger partial charge in [0, 0.05) is 19.3 Å². The van der Waals surface area contributed by atoms with Crippen LogP contribution in [0.1, 0.15) is 48.7 Å². The number of nitrogens with two attached hydrogens (primary N) is 1. The Hall–Kier alpha value is -1.42. The van der Waals surface area contributed by atoms with Gasteiger partial charge < -0.3 is 11.1 Å². The molecule has 2 atom stereocenters. The third-order valence-electron chi connectivity index (χ3n) is 4.11. The van der Waals surface area contributed by atoms with Crippen LogP contribution in [0.4, 0.5) is 0 Å². The van der Waals surface area contributed by atoms with Gasteiger partial charge in [0.25, 0.3) is 5.91 Å². The second kappa shape index (κ2) is 6.66. The fourth-order valence-corrected chi connectivity index (χ4v) is 2.69. The van der Waals surface area contributed by atoms with Crippen molar-refractivity contribution < 1.29 is 4.79 Å². The number of carbonyl (C=O) groups excluding carboxylic acids is 1. The smallest absolute Gasteiger partial charge is 0.269 e. The molecule has 0 spiro atoms. The van der Waals surface area contributed by atoms with Gasteiger partial charge in [-0.05, 0) is 29.9 Å². The summed E-state index contributed by atoms with van der Waals surface area (Å²) in [5.74, 6) is 1.24. The van der Waals surface area contributed by atoms with Crippen molar-refractivity contribution in [1.82, 2.24) is 10.3 Å². The molecule has 1 heterocycles. The van der Waals surface area contributed by atoms with E-state index < -0.39 is 0 Å². The molecule has 1 aliphatic rings. The van der Waals surface area contributed by atoms with E-state index in [2.05, 4.69) is 17.2 Å². The number of carbonyl (C=O) groups is 1. The highest BCUT2D eigenvalue weighted by Gasteiger charge is 2.21. The van der Waals surface area contributed by atoms with E-state index in [0.29, 0.717) is 24.1 Å². The largest absolute Gasteiger partial charge is 0.350 e. The average molecular weight is 261 g/mol. The summed E-state index contributed by atoms with van der Waals surface area (Å²) in [6, 6.07) is 3.59. The third-order valence-corrected chi connectivity index (χ3v) is 4.11. The molecule has 1 aromatic rings. The van der Waals surface area contributed by atoms with Crippen molar-refractivity contribution in [2.45, 2.75) is 39.2 Å². The summed E-state index contributed by atoms with van der Waals surface area (Å²) < 4.78 is 0. The first-order valence-electron chi connectivity index (χ1n) is 7.14. The molecule has 4 nitrogen and oxygen atoms in total. The summed E-state index contributed by atoms with van der Waals surface area (Å²) in [6.45, 7) is 3.50. The quantitative estimate of drug-likeness (QED) is 0.872. The van der Waals surface area contributed by atoms with Gasteiger partial charge in [0.15, 0.2) is 0 Å². The molecule has 0 saturated heterocycles. The van der Waals surface area contributed by atoms with Gasteiger partial charge in [0.1, 0.15) is 5.69 Å². The number of hydrogen-bond acceptors (Lipinski definition) is 3. The fraction of sp³-hybridized carbons (Fsp3) is 0.600. The Morgan fingerprint density at radius 1 is 1.42 bits per heavy atom. The summed E-state index contributed by atoms with van der Waals surface area (Å²) in [6.07, 6.45) is 6.78. The lowest BCUT2D eigenvalue weighted by atomic mass is 9.80. The van der Waals surface area contributed by atoms with E-state index in [4.69, 9.17) is 5.73 Å². The SMILES string of the molecule is CC1CCCCC1CNC(=O)c1ccc(CN)cn1. The normalized spacial score (nSPS) is 23.1. The van der Waals surface area contributed by atoms with Crippen molar-refractivity contribution in [1.29, 1.82) is 0 Å². The van der Waals surface area contributed by atoms with Crippen LogP contribution in [0.2, 0.25) is 0 Å². The van der Waals surface area contributed by atoms with Crippen LogP contribution in [-0.4, -0.2) is 17.4 Å². The molecule has 0 bridgehead atoms. The molecule has 1 saturated carbocycles. The first-order chi connectivity index (χ1) is 9.20. The first kappa shape index (κ1) is 14.0. The third kappa shape index (κ3) is 3.77. The Kier molecular flexibility index (Phi) is 4.91. The fourth-order valence-electron chi connectivity index (χ4n) is 2.69. The highest BCUT2D eigenvalue weighted by Crippen LogP contribution is 2.28. The molecule has 2 unspecified atom stereocenters. The van der Waals surface area contributed by atoms with Crippen LogP contribution in [0.3, 0.4) is 0 Å². The van der Waals surface area contributed by atoms with Gasteiger partial charge in [-0.3, -0.25) is 9.78 Å². The van der Waals surface area contributed by atoms with E-state index in [0.717, 1.165) is 12.1 Å². The van der Waals surface area contributed by atoms with Crippen LogP contribution in [-0.2, 0) is 6.54 Å². The van der Waals surface area contributed by atoms with Gasteiger partial charge in [0.2, 0.25) is 0 Å². The highest BCUT2D eigenvalue weighted by atomic mass is 16.1. The van der Waals surface area contributed by atoms with Gasteiger partial charge >= 0.3 is 0 Å². The number of rotatable bonds is 4. The molecular formula is C15H23N3O. The standard InChI is InChI=1S/C15H23N3O/c1-11-4-2-3-5-13(11)10-18-15(19)14-7-6-12(8-16)9-17-14/h6-7,9,11,13H,2-5,8,10,16H2,1H3,(H,18,19). The van der Waals surface area contributed by atoms with Crippen LogP contribution >= 0.6 is 0 Å². The molecule has 1 aliphatic carbocycles. The second-order valence-electron chi connectivity index (χ2n) is 5.49. The summed E-state index contributed by atoms with van der Waals surface area (Å²) in [5.41, 5.74) is 6.92. The Morgan fingerprint density at radius 3 is 2.84 bits per heavy atom. The van der Waals surface area contributed by atoms with Crippen molar-refractivity contribution in [3.8, 4) is 0 Å². The summed E-state index contributed by atoms with van der Waals surface area (Å²) >= 11 is 0. The molecule has 2 rings (SSSR count). The number of pyridine rings is 1. The molecule has 1 amide bonds. The molecule has 1 fully saturated rings. The van der Waals surface area contributed by atoms with E-state index in [1.165, 1.54) is 25.7 Å². The lowest BCUT2D eigenvalue weighted by Crippen LogP contribution is -2.33. The van der Waals surface area contributed by atoms with E-state index in [1.807, 2.05) is 6.07 Å². The Labute approximate surface area is 114 Å². The predicted molar refractivity (Wildman–Crippen MR) is 75.6 cm³/mol. The van der Waals surface area contributed by atoms with Gasteiger partial charge in [-0.15, -0.1) is 0 Å². The molecule has 1 aromatic heterocycles. The Bertz CT molecular complexity index is 416. The van der Waals surface area contributed by atoms with Crippen molar-refractivity contribution in [2.75, 3.05) is 6.54 Å². The topological polar surface area (TPSA) is 68.0 Å². The minimum Gasteiger partial charge on any atom is -0.350 e. The molecule has 0 radical (unpaired) electrons. The number of nitrogens with zero attached hydrogens (tertiary/aromatic N) is 1. The molecule has 104 valence electrons. The molecule has 0 aromatic carbocycles. The van der Waals surface area contributed by atoms with E-state index in [9.17, 15) is 4.79 Å². The Morgan fingerprint density at radius 2 is 2.21 bits per heavy atom. The predicted octanol–water partition coefficient (Wildman–Crippen LogP) is 2.10. The van der Waals surface area contributed by atoms with Crippen molar-refractivity contribution in [2.24, 2.45) is 17.6 Å². The minimum absolute atomic E-state index is 0.0821. The van der Waals surface area contributed by atoms with Crippen molar-refractivity contribution in [3.63, 3.8) is 0 Å². The number of nitrogens with one attached hydrogen (secondary N) is 1. The molecule has 3 N–H and O–H groups in total. The monoisotopic (exact) mass is 261 g/mol. The van der Waals surface area contributed by atoms with Gasteiger partial charge in [-0.2, -0.15) is 0 Å². The van der Waals surface area contributed by atoms with Crippen molar-refractivity contribution in [3.05, 3.63) is 29.6 Å². The van der Waals surface area contributed by atoms with E-state index in [1.54, 1.807) is 12.3 Å². The van der Waals surface area contributed by atoms with E-state index >= 15 is 0 Å².